The second-order valence-corrected chi connectivity index (χ2v) is 7.28. The van der Waals surface area contributed by atoms with Gasteiger partial charge in [-0.1, -0.05) is 36.4 Å². The Kier molecular flexibility index (Phi) is 3.86. The predicted molar refractivity (Wildman–Crippen MR) is 91.4 cm³/mol. The van der Waals surface area contributed by atoms with Crippen LogP contribution in [-0.4, -0.2) is 42.5 Å². The minimum atomic E-state index is -0.160. The normalized spacial score (nSPS) is 29.6. The fourth-order valence-corrected chi connectivity index (χ4v) is 4.51. The van der Waals surface area contributed by atoms with Crippen LogP contribution >= 0.6 is 0 Å². The van der Waals surface area contributed by atoms with Crippen LogP contribution in [0.15, 0.2) is 30.3 Å². The number of ether oxygens (including phenoxy) is 1. The fraction of sp³-hybridized carbons (Fsp3) is 0.550. The summed E-state index contributed by atoms with van der Waals surface area (Å²) in [5.41, 5.74) is 3.16. The number of benzene rings is 1. The van der Waals surface area contributed by atoms with Gasteiger partial charge in [-0.15, -0.1) is 0 Å². The van der Waals surface area contributed by atoms with E-state index in [1.165, 1.54) is 24.0 Å². The van der Waals surface area contributed by atoms with Crippen molar-refractivity contribution in [2.75, 3.05) is 19.7 Å². The number of carbonyl (C=O) groups is 1. The van der Waals surface area contributed by atoms with E-state index in [0.717, 1.165) is 25.9 Å². The van der Waals surface area contributed by atoms with E-state index in [2.05, 4.69) is 41.3 Å². The standard InChI is InChI=1S/C20H25NO2/c1-15(22)19-7-6-17(14-23-19)21-12-10-20(11-13-21)9-8-16-4-2-3-5-18(16)20/h2-5,8-9,17,19H,6-7,10-14H2,1H3. The van der Waals surface area contributed by atoms with E-state index in [4.69, 9.17) is 4.74 Å². The third kappa shape index (κ3) is 2.66. The minimum absolute atomic E-state index is 0.160. The summed E-state index contributed by atoms with van der Waals surface area (Å²) < 4.78 is 5.77. The third-order valence-electron chi connectivity index (χ3n) is 5.99. The summed E-state index contributed by atoms with van der Waals surface area (Å²) in [5.74, 6) is 0.175. The summed E-state index contributed by atoms with van der Waals surface area (Å²) in [6, 6.07) is 9.30. The quantitative estimate of drug-likeness (QED) is 0.840. The molecule has 3 aliphatic rings. The fourth-order valence-electron chi connectivity index (χ4n) is 4.51. The lowest BCUT2D eigenvalue weighted by Crippen LogP contribution is -2.50. The maximum Gasteiger partial charge on any atom is 0.158 e. The van der Waals surface area contributed by atoms with Crippen molar-refractivity contribution in [1.82, 2.24) is 4.90 Å². The second kappa shape index (κ2) is 5.88. The topological polar surface area (TPSA) is 29.5 Å². The Morgan fingerprint density at radius 2 is 2.00 bits per heavy atom. The summed E-state index contributed by atoms with van der Waals surface area (Å²) in [5, 5.41) is 0. The Morgan fingerprint density at radius 1 is 1.22 bits per heavy atom. The molecule has 3 heteroatoms. The van der Waals surface area contributed by atoms with E-state index in [-0.39, 0.29) is 17.3 Å². The third-order valence-corrected chi connectivity index (χ3v) is 5.99. The molecular formula is C20H25NO2. The summed E-state index contributed by atoms with van der Waals surface area (Å²) in [7, 11) is 0. The highest BCUT2D eigenvalue weighted by molar-refractivity contribution is 5.80. The van der Waals surface area contributed by atoms with Crippen molar-refractivity contribution < 1.29 is 9.53 Å². The molecule has 0 saturated carbocycles. The van der Waals surface area contributed by atoms with Crippen LogP contribution in [0.3, 0.4) is 0 Å². The lowest BCUT2D eigenvalue weighted by atomic mass is 9.74. The maximum absolute atomic E-state index is 11.4. The van der Waals surface area contributed by atoms with Crippen LogP contribution < -0.4 is 0 Å². The molecule has 3 nitrogen and oxygen atoms in total. The molecule has 0 N–H and O–H groups in total. The van der Waals surface area contributed by atoms with Gasteiger partial charge in [0.2, 0.25) is 0 Å². The lowest BCUT2D eigenvalue weighted by molar-refractivity contribution is -0.134. The molecular weight excluding hydrogens is 286 g/mol. The molecule has 122 valence electrons. The van der Waals surface area contributed by atoms with Crippen molar-refractivity contribution in [3.05, 3.63) is 41.5 Å². The van der Waals surface area contributed by atoms with Crippen molar-refractivity contribution in [2.24, 2.45) is 0 Å². The van der Waals surface area contributed by atoms with Crippen molar-refractivity contribution in [1.29, 1.82) is 0 Å². The van der Waals surface area contributed by atoms with Crippen LogP contribution in [0.2, 0.25) is 0 Å². The van der Waals surface area contributed by atoms with Gasteiger partial charge in [0.15, 0.2) is 5.78 Å². The molecule has 2 atom stereocenters. The smallest absolute Gasteiger partial charge is 0.158 e. The predicted octanol–water partition coefficient (Wildman–Crippen LogP) is 3.18. The number of carbonyl (C=O) groups excluding carboxylic acids is 1. The number of Topliss-reactive ketones (excluding diaryl/α,β-unsaturated/α-hetero) is 1. The van der Waals surface area contributed by atoms with Crippen molar-refractivity contribution in [3.63, 3.8) is 0 Å². The van der Waals surface area contributed by atoms with Crippen LogP contribution in [0.5, 0.6) is 0 Å². The highest BCUT2D eigenvalue weighted by atomic mass is 16.5. The zero-order chi connectivity index (χ0) is 15.9. The Balaban J connectivity index is 1.39. The molecule has 0 radical (unpaired) electrons. The van der Waals surface area contributed by atoms with Gasteiger partial charge < -0.3 is 4.74 Å². The Hall–Kier alpha value is -1.45. The monoisotopic (exact) mass is 311 g/mol. The molecule has 2 unspecified atom stereocenters. The van der Waals surface area contributed by atoms with Gasteiger partial charge in [0.25, 0.3) is 0 Å². The van der Waals surface area contributed by atoms with Crippen molar-refractivity contribution in [3.8, 4) is 0 Å². The van der Waals surface area contributed by atoms with Gasteiger partial charge in [0, 0.05) is 11.5 Å². The molecule has 1 spiro atoms. The minimum Gasteiger partial charge on any atom is -0.369 e. The van der Waals surface area contributed by atoms with E-state index < -0.39 is 0 Å². The van der Waals surface area contributed by atoms with E-state index >= 15 is 0 Å². The van der Waals surface area contributed by atoms with Crippen LogP contribution in [0.1, 0.15) is 43.7 Å². The Morgan fingerprint density at radius 3 is 2.70 bits per heavy atom. The van der Waals surface area contributed by atoms with Crippen LogP contribution in [0, 0.1) is 0 Å². The van der Waals surface area contributed by atoms with E-state index in [1.807, 2.05) is 0 Å². The van der Waals surface area contributed by atoms with Gasteiger partial charge >= 0.3 is 0 Å². The SMILES string of the molecule is CC(=O)C1CCC(N2CCC3(C=Cc4ccccc43)CC2)CO1. The summed E-state index contributed by atoms with van der Waals surface area (Å²) in [4.78, 5) is 14.0. The number of piperidine rings is 1. The molecule has 2 aliphatic heterocycles. The molecule has 1 aromatic rings. The molecule has 2 fully saturated rings. The molecule has 23 heavy (non-hydrogen) atoms. The van der Waals surface area contributed by atoms with Crippen molar-refractivity contribution in [2.45, 2.75) is 50.2 Å². The Bertz CT molecular complexity index is 620. The van der Waals surface area contributed by atoms with Crippen LogP contribution in [0.4, 0.5) is 0 Å². The van der Waals surface area contributed by atoms with Gasteiger partial charge in [0.1, 0.15) is 6.10 Å². The number of fused-ring (bicyclic) bond motifs is 2. The van der Waals surface area contributed by atoms with E-state index in [9.17, 15) is 4.79 Å². The first-order valence-electron chi connectivity index (χ1n) is 8.83. The number of hydrogen-bond acceptors (Lipinski definition) is 3. The molecule has 0 bridgehead atoms. The Labute approximate surface area is 138 Å². The van der Waals surface area contributed by atoms with Crippen molar-refractivity contribution >= 4 is 11.9 Å². The van der Waals surface area contributed by atoms with Gasteiger partial charge in [0.05, 0.1) is 6.61 Å². The number of likely N-dealkylation sites (tertiary alicyclic amines) is 1. The van der Waals surface area contributed by atoms with Gasteiger partial charge in [-0.3, -0.25) is 9.69 Å². The first-order chi connectivity index (χ1) is 11.2. The van der Waals surface area contributed by atoms with Gasteiger partial charge in [-0.2, -0.15) is 0 Å². The zero-order valence-corrected chi connectivity index (χ0v) is 13.8. The molecule has 0 aromatic heterocycles. The highest BCUT2D eigenvalue weighted by Gasteiger charge is 2.40. The number of hydrogen-bond donors (Lipinski definition) is 0. The second-order valence-electron chi connectivity index (χ2n) is 7.28. The highest BCUT2D eigenvalue weighted by Crippen LogP contribution is 2.44. The number of ketones is 1. The summed E-state index contributed by atoms with van der Waals surface area (Å²) in [6.07, 6.45) is 8.91. The zero-order valence-electron chi connectivity index (χ0n) is 13.8. The number of nitrogens with zero attached hydrogens (tertiary/aromatic N) is 1. The molecule has 4 rings (SSSR count). The first kappa shape index (κ1) is 15.1. The molecule has 2 saturated heterocycles. The molecule has 1 aromatic carbocycles. The van der Waals surface area contributed by atoms with E-state index in [0.29, 0.717) is 12.6 Å². The van der Waals surface area contributed by atoms with E-state index in [1.54, 1.807) is 6.92 Å². The number of rotatable bonds is 2. The molecule has 1 aliphatic carbocycles. The van der Waals surface area contributed by atoms with Gasteiger partial charge in [-0.05, 0) is 56.8 Å². The average molecular weight is 311 g/mol. The maximum atomic E-state index is 11.4. The van der Waals surface area contributed by atoms with Crippen LogP contribution in [-0.2, 0) is 14.9 Å². The molecule has 0 amide bonds. The number of allylic oxidation sites excluding steroid dienone is 1. The summed E-state index contributed by atoms with van der Waals surface area (Å²) in [6.45, 7) is 4.60. The van der Waals surface area contributed by atoms with Gasteiger partial charge in [-0.25, -0.2) is 0 Å². The lowest BCUT2D eigenvalue weighted by Gasteiger charge is -2.44. The average Bonchev–Trinajstić information content (AvgIpc) is 2.95. The molecule has 2 heterocycles. The summed E-state index contributed by atoms with van der Waals surface area (Å²) >= 11 is 0. The van der Waals surface area contributed by atoms with Crippen LogP contribution in [0.25, 0.3) is 6.08 Å². The first-order valence-corrected chi connectivity index (χ1v) is 8.83. The largest absolute Gasteiger partial charge is 0.369 e.